The summed E-state index contributed by atoms with van der Waals surface area (Å²) in [7, 11) is 1.55. The predicted molar refractivity (Wildman–Crippen MR) is 115 cm³/mol. The number of carbonyl (C=O) groups is 1. The van der Waals surface area contributed by atoms with Crippen molar-refractivity contribution in [1.82, 2.24) is 4.98 Å². The van der Waals surface area contributed by atoms with Gasteiger partial charge in [-0.2, -0.15) is 0 Å². The number of methoxy groups -OCH3 is 1. The van der Waals surface area contributed by atoms with Crippen molar-refractivity contribution in [1.29, 1.82) is 0 Å². The molecular formula is C22H21N3O2S. The summed E-state index contributed by atoms with van der Waals surface area (Å²) < 4.78 is 5.15. The molecule has 5 nitrogen and oxygen atoms in total. The molecule has 1 aromatic heterocycles. The van der Waals surface area contributed by atoms with Crippen molar-refractivity contribution in [3.05, 3.63) is 64.2 Å². The van der Waals surface area contributed by atoms with Crippen molar-refractivity contribution in [3.63, 3.8) is 0 Å². The van der Waals surface area contributed by atoms with Crippen LogP contribution in [0.1, 0.15) is 32.9 Å². The van der Waals surface area contributed by atoms with Gasteiger partial charge in [0, 0.05) is 21.7 Å². The number of aromatic nitrogens is 1. The van der Waals surface area contributed by atoms with E-state index in [0.717, 1.165) is 40.4 Å². The van der Waals surface area contributed by atoms with Gasteiger partial charge >= 0.3 is 0 Å². The lowest BCUT2D eigenvalue weighted by molar-refractivity contribution is 0.102. The molecule has 2 aromatic carbocycles. The number of thiazole rings is 1. The zero-order valence-corrected chi connectivity index (χ0v) is 16.6. The summed E-state index contributed by atoms with van der Waals surface area (Å²) in [5, 5.41) is 3.96. The molecule has 6 heteroatoms. The lowest BCUT2D eigenvalue weighted by Crippen LogP contribution is -2.13. The van der Waals surface area contributed by atoms with Crippen LogP contribution in [0.3, 0.4) is 0 Å². The first kappa shape index (κ1) is 18.3. The maximum absolute atomic E-state index is 12.7. The van der Waals surface area contributed by atoms with E-state index in [1.54, 1.807) is 36.6 Å². The largest absolute Gasteiger partial charge is 0.495 e. The molecule has 0 saturated carbocycles. The molecule has 0 bridgehead atoms. The molecule has 142 valence electrons. The number of anilines is 2. The van der Waals surface area contributed by atoms with Crippen LogP contribution in [0.5, 0.6) is 5.75 Å². The molecule has 4 rings (SSSR count). The van der Waals surface area contributed by atoms with E-state index in [-0.39, 0.29) is 5.91 Å². The number of rotatable bonds is 4. The second-order valence-corrected chi connectivity index (χ2v) is 7.79. The number of hydrogen-bond donors (Lipinski definition) is 2. The average molecular weight is 391 g/mol. The van der Waals surface area contributed by atoms with E-state index in [2.05, 4.69) is 17.5 Å². The van der Waals surface area contributed by atoms with Crippen molar-refractivity contribution in [2.45, 2.75) is 19.8 Å². The van der Waals surface area contributed by atoms with Crippen LogP contribution in [-0.4, -0.2) is 18.0 Å². The third-order valence-electron chi connectivity index (χ3n) is 4.77. The minimum absolute atomic E-state index is 0.212. The number of ether oxygens (including phenoxy) is 1. The van der Waals surface area contributed by atoms with Crippen molar-refractivity contribution >= 4 is 34.7 Å². The lowest BCUT2D eigenvalue weighted by Gasteiger charge is -2.11. The Kier molecular flexibility index (Phi) is 4.88. The van der Waals surface area contributed by atoms with Crippen molar-refractivity contribution in [3.8, 4) is 16.3 Å². The molecule has 0 fully saturated rings. The van der Waals surface area contributed by atoms with Crippen LogP contribution in [0.15, 0.2) is 42.5 Å². The van der Waals surface area contributed by atoms with E-state index in [9.17, 15) is 4.79 Å². The highest BCUT2D eigenvalue weighted by Gasteiger charge is 2.15. The van der Waals surface area contributed by atoms with E-state index in [1.807, 2.05) is 25.1 Å². The minimum Gasteiger partial charge on any atom is -0.495 e. The molecule has 0 radical (unpaired) electrons. The molecule has 0 aliphatic heterocycles. The minimum atomic E-state index is -0.212. The number of aryl methyl sites for hydroxylation is 2. The van der Waals surface area contributed by atoms with E-state index in [1.165, 1.54) is 4.88 Å². The van der Waals surface area contributed by atoms with Gasteiger partial charge in [0.25, 0.3) is 5.91 Å². The molecule has 0 saturated heterocycles. The fourth-order valence-corrected chi connectivity index (χ4v) is 4.23. The predicted octanol–water partition coefficient (Wildman–Crippen LogP) is 4.92. The van der Waals surface area contributed by atoms with Gasteiger partial charge in [-0.1, -0.05) is 18.2 Å². The van der Waals surface area contributed by atoms with E-state index >= 15 is 0 Å². The topological polar surface area (TPSA) is 77.2 Å². The first-order valence-corrected chi connectivity index (χ1v) is 9.89. The van der Waals surface area contributed by atoms with Crippen LogP contribution in [0.2, 0.25) is 0 Å². The number of nitrogens with one attached hydrogen (secondary N) is 1. The standard InChI is InChI=1S/C22H21N3O2S/c1-13-7-8-15(22-25-17-5-3-4-6-20(17)28-22)12-18(13)24-21(26)14-9-10-19(27-2)16(23)11-14/h3,5,7-12H,4,6,23H2,1-2H3,(H,24,26). The monoisotopic (exact) mass is 391 g/mol. The van der Waals surface area contributed by atoms with Gasteiger partial charge in [0.15, 0.2) is 0 Å². The van der Waals surface area contributed by atoms with Gasteiger partial charge < -0.3 is 15.8 Å². The molecule has 3 aromatic rings. The Balaban J connectivity index is 1.60. The first-order valence-electron chi connectivity index (χ1n) is 9.07. The highest BCUT2D eigenvalue weighted by Crippen LogP contribution is 2.34. The molecule has 0 atom stereocenters. The van der Waals surface area contributed by atoms with Crippen molar-refractivity contribution < 1.29 is 9.53 Å². The van der Waals surface area contributed by atoms with Gasteiger partial charge in [0.1, 0.15) is 10.8 Å². The number of amides is 1. The molecule has 0 unspecified atom stereocenters. The summed E-state index contributed by atoms with van der Waals surface area (Å²) in [5.74, 6) is 0.340. The number of carbonyl (C=O) groups excluding carboxylic acids is 1. The van der Waals surface area contributed by atoms with Crippen LogP contribution >= 0.6 is 11.3 Å². The van der Waals surface area contributed by atoms with Gasteiger partial charge in [-0.3, -0.25) is 4.79 Å². The third-order valence-corrected chi connectivity index (χ3v) is 5.95. The molecule has 1 aliphatic carbocycles. The zero-order chi connectivity index (χ0) is 19.7. The van der Waals surface area contributed by atoms with E-state index < -0.39 is 0 Å². The van der Waals surface area contributed by atoms with Crippen LogP contribution in [0.25, 0.3) is 16.6 Å². The Labute approximate surface area is 167 Å². The highest BCUT2D eigenvalue weighted by molar-refractivity contribution is 7.15. The molecule has 1 amide bonds. The quantitative estimate of drug-likeness (QED) is 0.619. The summed E-state index contributed by atoms with van der Waals surface area (Å²) in [5.41, 5.74) is 10.7. The molecule has 0 spiro atoms. The average Bonchev–Trinajstić information content (AvgIpc) is 3.13. The van der Waals surface area contributed by atoms with Gasteiger partial charge in [0.2, 0.25) is 0 Å². The maximum atomic E-state index is 12.7. The Morgan fingerprint density at radius 2 is 2.11 bits per heavy atom. The van der Waals surface area contributed by atoms with Crippen LogP contribution < -0.4 is 15.8 Å². The molecule has 28 heavy (non-hydrogen) atoms. The normalized spacial score (nSPS) is 12.5. The molecule has 3 N–H and O–H groups in total. The summed E-state index contributed by atoms with van der Waals surface area (Å²) in [6.07, 6.45) is 6.35. The second kappa shape index (κ2) is 7.48. The Bertz CT molecular complexity index is 1090. The first-order chi connectivity index (χ1) is 13.5. The van der Waals surface area contributed by atoms with Crippen LogP contribution in [-0.2, 0) is 6.42 Å². The summed E-state index contributed by atoms with van der Waals surface area (Å²) in [4.78, 5) is 18.8. The van der Waals surface area contributed by atoms with Gasteiger partial charge in [0.05, 0.1) is 18.5 Å². The number of hydrogen-bond acceptors (Lipinski definition) is 5. The SMILES string of the molecule is COc1ccc(C(=O)Nc2cc(-c3nc4c(s3)CCC=C4)ccc2C)cc1N. The maximum Gasteiger partial charge on any atom is 0.255 e. The lowest BCUT2D eigenvalue weighted by atomic mass is 10.1. The van der Waals surface area contributed by atoms with Crippen LogP contribution in [0.4, 0.5) is 11.4 Å². The van der Waals surface area contributed by atoms with Crippen molar-refractivity contribution in [2.75, 3.05) is 18.2 Å². The highest BCUT2D eigenvalue weighted by atomic mass is 32.1. The molecule has 1 aliphatic rings. The smallest absolute Gasteiger partial charge is 0.255 e. The molecular weight excluding hydrogens is 370 g/mol. The number of nitrogens with two attached hydrogens (primary N) is 1. The number of nitrogen functional groups attached to an aromatic ring is 1. The zero-order valence-electron chi connectivity index (χ0n) is 15.8. The fraction of sp³-hybridized carbons (Fsp3) is 0.182. The second-order valence-electron chi connectivity index (χ2n) is 6.71. The number of fused-ring (bicyclic) bond motifs is 1. The number of nitrogens with zero attached hydrogens (tertiary/aromatic N) is 1. The number of benzene rings is 2. The van der Waals surface area contributed by atoms with Crippen LogP contribution in [0, 0.1) is 6.92 Å². The fourth-order valence-electron chi connectivity index (χ4n) is 3.17. The summed E-state index contributed by atoms with van der Waals surface area (Å²) >= 11 is 1.72. The Morgan fingerprint density at radius 1 is 1.25 bits per heavy atom. The van der Waals surface area contributed by atoms with Gasteiger partial charge in [-0.15, -0.1) is 11.3 Å². The summed E-state index contributed by atoms with van der Waals surface area (Å²) in [6.45, 7) is 1.97. The van der Waals surface area contributed by atoms with Gasteiger partial charge in [-0.25, -0.2) is 4.98 Å². The molecule has 1 heterocycles. The van der Waals surface area contributed by atoms with Crippen molar-refractivity contribution in [2.24, 2.45) is 0 Å². The van der Waals surface area contributed by atoms with Gasteiger partial charge in [-0.05, 0) is 55.7 Å². The third kappa shape index (κ3) is 3.51. The Hall–Kier alpha value is -3.12. The number of allylic oxidation sites excluding steroid dienone is 1. The Morgan fingerprint density at radius 3 is 2.86 bits per heavy atom. The van der Waals surface area contributed by atoms with E-state index in [4.69, 9.17) is 15.5 Å². The van der Waals surface area contributed by atoms with E-state index in [0.29, 0.717) is 17.0 Å². The summed E-state index contributed by atoms with van der Waals surface area (Å²) in [6, 6.07) is 11.0.